The minimum absolute atomic E-state index is 0.624. The number of hydrogen-bond acceptors (Lipinski definition) is 4. The molecule has 0 atom stereocenters. The normalized spacial score (nSPS) is 11.4. The molecule has 5 aromatic rings. The van der Waals surface area contributed by atoms with Crippen LogP contribution < -0.4 is 11.1 Å². The summed E-state index contributed by atoms with van der Waals surface area (Å²) in [6.07, 6.45) is 2.96. The predicted molar refractivity (Wildman–Crippen MR) is 143 cm³/mol. The van der Waals surface area contributed by atoms with Crippen molar-refractivity contribution in [2.45, 2.75) is 19.9 Å². The molecule has 0 aliphatic heterocycles. The zero-order valence-electron chi connectivity index (χ0n) is 18.9. The molecule has 0 spiro atoms. The number of rotatable bonds is 7. The number of nitrogens with zero attached hydrogens (tertiary/aromatic N) is 3. The van der Waals surface area contributed by atoms with Crippen molar-refractivity contribution in [1.82, 2.24) is 14.5 Å². The van der Waals surface area contributed by atoms with Gasteiger partial charge < -0.3 is 15.6 Å². The van der Waals surface area contributed by atoms with E-state index < -0.39 is 0 Å². The van der Waals surface area contributed by atoms with Gasteiger partial charge in [-0.25, -0.2) is 9.97 Å². The molecule has 3 N–H and O–H groups in total. The molecule has 0 radical (unpaired) electrons. The molecule has 0 amide bonds. The highest BCUT2D eigenvalue weighted by Gasteiger charge is 2.18. The summed E-state index contributed by atoms with van der Waals surface area (Å²) in [6.45, 7) is 4.10. The number of hydrogen-bond donors (Lipinski definition) is 2. The van der Waals surface area contributed by atoms with Gasteiger partial charge in [0.05, 0.1) is 16.1 Å². The van der Waals surface area contributed by atoms with Crippen LogP contribution in [0.2, 0.25) is 10.0 Å². The van der Waals surface area contributed by atoms with Crippen LogP contribution in [0.1, 0.15) is 17.5 Å². The average molecular weight is 490 g/mol. The largest absolute Gasteiger partial charge is 0.369 e. The minimum Gasteiger partial charge on any atom is -0.369 e. The monoisotopic (exact) mass is 489 g/mol. The lowest BCUT2D eigenvalue weighted by Gasteiger charge is -2.12. The summed E-state index contributed by atoms with van der Waals surface area (Å²) in [5.74, 6) is 1.48. The Kier molecular flexibility index (Phi) is 6.42. The van der Waals surface area contributed by atoms with E-state index >= 15 is 0 Å². The highest BCUT2D eigenvalue weighted by atomic mass is 35.5. The molecule has 5 nitrogen and oxygen atoms in total. The minimum atomic E-state index is 0.624. The zero-order chi connectivity index (χ0) is 23.7. The molecule has 0 aliphatic carbocycles. The highest BCUT2D eigenvalue weighted by molar-refractivity contribution is 6.35. The lowest BCUT2D eigenvalue weighted by molar-refractivity contribution is 0.837. The van der Waals surface area contributed by atoms with Crippen LogP contribution in [0, 0.1) is 6.92 Å². The van der Waals surface area contributed by atoms with Gasteiger partial charge in [-0.3, -0.25) is 0 Å². The van der Waals surface area contributed by atoms with Gasteiger partial charge in [0.2, 0.25) is 0 Å². The van der Waals surface area contributed by atoms with Gasteiger partial charge in [0.1, 0.15) is 5.82 Å². The Morgan fingerprint density at radius 2 is 1.71 bits per heavy atom. The first kappa shape index (κ1) is 22.7. The second kappa shape index (κ2) is 9.63. The van der Waals surface area contributed by atoms with Crippen LogP contribution in [-0.2, 0) is 6.54 Å². The Labute approximate surface area is 208 Å². The fraction of sp³-hybridized carbons (Fsp3) is 0.185. The summed E-state index contributed by atoms with van der Waals surface area (Å²) >= 11 is 12.8. The lowest BCUT2D eigenvalue weighted by atomic mass is 10.1. The van der Waals surface area contributed by atoms with Crippen molar-refractivity contribution in [3.8, 4) is 11.4 Å². The third-order valence-electron chi connectivity index (χ3n) is 5.96. The van der Waals surface area contributed by atoms with Crippen LogP contribution in [0.4, 0.5) is 5.82 Å². The molecule has 0 saturated carbocycles. The van der Waals surface area contributed by atoms with Crippen molar-refractivity contribution in [2.24, 2.45) is 5.73 Å². The number of aromatic nitrogens is 3. The smallest absolute Gasteiger partial charge is 0.164 e. The summed E-state index contributed by atoms with van der Waals surface area (Å²) in [6, 6.07) is 20.0. The van der Waals surface area contributed by atoms with Crippen LogP contribution in [0.15, 0.2) is 66.9 Å². The van der Waals surface area contributed by atoms with E-state index in [1.54, 1.807) is 0 Å². The van der Waals surface area contributed by atoms with Gasteiger partial charge in [0.15, 0.2) is 5.82 Å². The van der Waals surface area contributed by atoms with E-state index in [2.05, 4.69) is 41.2 Å². The number of benzene rings is 3. The number of halogens is 2. The van der Waals surface area contributed by atoms with Gasteiger partial charge in [-0.1, -0.05) is 59.6 Å². The van der Waals surface area contributed by atoms with Crippen molar-refractivity contribution >= 4 is 50.8 Å². The number of para-hydroxylation sites is 2. The maximum Gasteiger partial charge on any atom is 0.164 e. The molecule has 3 aromatic carbocycles. The molecule has 34 heavy (non-hydrogen) atoms. The molecule has 2 aromatic heterocycles. The van der Waals surface area contributed by atoms with Crippen molar-refractivity contribution < 1.29 is 0 Å². The Morgan fingerprint density at radius 3 is 2.50 bits per heavy atom. The molecule has 0 saturated heterocycles. The van der Waals surface area contributed by atoms with Gasteiger partial charge in [0, 0.05) is 40.6 Å². The number of anilines is 1. The zero-order valence-corrected chi connectivity index (χ0v) is 20.4. The standard InChI is InChI=1S/C27H25Cl2N5/c1-17-5-2-7-21-24(17)32-27(33-26(21)31-14-4-13-30)22-16-34(15-18-9-11-19(28)12-10-18)25-20(22)6-3-8-23(25)29/h2-3,5-12,16H,4,13-15,30H2,1H3,(H,31,32,33). The van der Waals surface area contributed by atoms with E-state index in [-0.39, 0.29) is 0 Å². The molecule has 7 heteroatoms. The topological polar surface area (TPSA) is 68.8 Å². The van der Waals surface area contributed by atoms with Crippen LogP contribution in [0.3, 0.4) is 0 Å². The quantitative estimate of drug-likeness (QED) is 0.250. The Balaban J connectivity index is 1.68. The van der Waals surface area contributed by atoms with Gasteiger partial charge >= 0.3 is 0 Å². The summed E-state index contributed by atoms with van der Waals surface area (Å²) in [7, 11) is 0. The van der Waals surface area contributed by atoms with E-state index in [0.717, 1.165) is 62.3 Å². The summed E-state index contributed by atoms with van der Waals surface area (Å²) in [5.41, 5.74) is 10.8. The van der Waals surface area contributed by atoms with Crippen LogP contribution in [0.5, 0.6) is 0 Å². The molecule has 5 rings (SSSR count). The molecule has 2 heterocycles. The van der Waals surface area contributed by atoms with Crippen molar-refractivity contribution in [3.63, 3.8) is 0 Å². The van der Waals surface area contributed by atoms with Crippen LogP contribution in [0.25, 0.3) is 33.2 Å². The number of nitrogens with one attached hydrogen (secondary N) is 1. The van der Waals surface area contributed by atoms with E-state index in [1.165, 1.54) is 0 Å². The van der Waals surface area contributed by atoms with Gasteiger partial charge in [-0.05, 0) is 55.3 Å². The number of nitrogens with two attached hydrogens (primary N) is 1. The Morgan fingerprint density at radius 1 is 0.941 bits per heavy atom. The molecule has 172 valence electrons. The predicted octanol–water partition coefficient (Wildman–Crippen LogP) is 6.68. The van der Waals surface area contributed by atoms with Crippen molar-refractivity contribution in [1.29, 1.82) is 0 Å². The van der Waals surface area contributed by atoms with Crippen molar-refractivity contribution in [3.05, 3.63) is 88.0 Å². The summed E-state index contributed by atoms with van der Waals surface area (Å²) < 4.78 is 2.16. The second-order valence-electron chi connectivity index (χ2n) is 8.37. The van der Waals surface area contributed by atoms with E-state index in [1.807, 2.05) is 42.5 Å². The first-order chi connectivity index (χ1) is 16.5. The fourth-order valence-electron chi connectivity index (χ4n) is 4.26. The summed E-state index contributed by atoms with van der Waals surface area (Å²) in [5, 5.41) is 6.89. The lowest BCUT2D eigenvalue weighted by Crippen LogP contribution is -2.10. The molecule has 0 fully saturated rings. The molecular formula is C27H25Cl2N5. The maximum atomic E-state index is 6.68. The average Bonchev–Trinajstić information content (AvgIpc) is 3.20. The first-order valence-electron chi connectivity index (χ1n) is 11.3. The van der Waals surface area contributed by atoms with E-state index in [4.69, 9.17) is 38.9 Å². The van der Waals surface area contributed by atoms with Crippen LogP contribution >= 0.6 is 23.2 Å². The SMILES string of the molecule is Cc1cccc2c(NCCCN)nc(-c3cn(Cc4ccc(Cl)cc4)c4c(Cl)cccc34)nc12. The molecular weight excluding hydrogens is 465 g/mol. The molecule has 0 bridgehead atoms. The van der Waals surface area contributed by atoms with Gasteiger partial charge in [0.25, 0.3) is 0 Å². The first-order valence-corrected chi connectivity index (χ1v) is 12.0. The van der Waals surface area contributed by atoms with Crippen molar-refractivity contribution in [2.75, 3.05) is 18.4 Å². The number of fused-ring (bicyclic) bond motifs is 2. The second-order valence-corrected chi connectivity index (χ2v) is 9.21. The molecule has 0 unspecified atom stereocenters. The Hall–Kier alpha value is -3.12. The maximum absolute atomic E-state index is 6.68. The third kappa shape index (κ3) is 4.34. The van der Waals surface area contributed by atoms with E-state index in [0.29, 0.717) is 23.9 Å². The highest BCUT2D eigenvalue weighted by Crippen LogP contribution is 2.35. The van der Waals surface area contributed by atoms with Gasteiger partial charge in [-0.2, -0.15) is 0 Å². The number of aryl methyl sites for hydroxylation is 1. The molecule has 0 aliphatic rings. The summed E-state index contributed by atoms with van der Waals surface area (Å²) in [4.78, 5) is 9.95. The van der Waals surface area contributed by atoms with Crippen LogP contribution in [-0.4, -0.2) is 27.6 Å². The van der Waals surface area contributed by atoms with Gasteiger partial charge in [-0.15, -0.1) is 0 Å². The Bertz CT molecular complexity index is 1470. The van der Waals surface area contributed by atoms with E-state index in [9.17, 15) is 0 Å². The fourth-order valence-corrected chi connectivity index (χ4v) is 4.67. The third-order valence-corrected chi connectivity index (χ3v) is 6.51.